The molecule has 108 valence electrons. The molecule has 0 amide bonds. The summed E-state index contributed by atoms with van der Waals surface area (Å²) in [6.07, 6.45) is 5.22. The van der Waals surface area contributed by atoms with Gasteiger partial charge in [0.05, 0.1) is 11.7 Å². The molecule has 1 N–H and O–H groups in total. The average molecular weight is 403 g/mol. The molecule has 5 nitrogen and oxygen atoms in total. The fourth-order valence-electron chi connectivity index (χ4n) is 2.04. The minimum atomic E-state index is 0.0947. The van der Waals surface area contributed by atoms with Gasteiger partial charge in [-0.15, -0.1) is 0 Å². The summed E-state index contributed by atoms with van der Waals surface area (Å²) in [7, 11) is 1.93. The largest absolute Gasteiger partial charge is 0.311 e. The van der Waals surface area contributed by atoms with Crippen molar-refractivity contribution in [2.24, 2.45) is 0 Å². The Hall–Kier alpha value is -0.790. The number of likely N-dealkylation sites (N-methyl/N-ethyl adjacent to an activating group) is 1. The lowest BCUT2D eigenvalue weighted by molar-refractivity contribution is 0.509. The maximum absolute atomic E-state index is 4.49. The van der Waals surface area contributed by atoms with Crippen molar-refractivity contribution in [2.75, 3.05) is 7.05 Å². The van der Waals surface area contributed by atoms with Gasteiger partial charge < -0.3 is 5.32 Å². The number of rotatable bonds is 6. The molecule has 0 bridgehead atoms. The summed E-state index contributed by atoms with van der Waals surface area (Å²) in [5, 5.41) is 7.56. The third-order valence-corrected chi connectivity index (χ3v) is 4.10. The summed E-state index contributed by atoms with van der Waals surface area (Å²) in [5.41, 5.74) is 0.974. The minimum absolute atomic E-state index is 0.0947. The lowest BCUT2D eigenvalue weighted by Gasteiger charge is -2.17. The molecule has 0 aromatic carbocycles. The molecule has 0 saturated heterocycles. The number of nitrogens with one attached hydrogen (secondary N) is 1. The van der Waals surface area contributed by atoms with E-state index in [9.17, 15) is 0 Å². The Bertz CT molecular complexity index is 570. The van der Waals surface area contributed by atoms with Crippen molar-refractivity contribution < 1.29 is 0 Å². The van der Waals surface area contributed by atoms with Crippen LogP contribution >= 0.6 is 31.9 Å². The Balaban J connectivity index is 2.22. The van der Waals surface area contributed by atoms with Crippen LogP contribution in [0.3, 0.4) is 0 Å². The molecule has 0 aliphatic heterocycles. The van der Waals surface area contributed by atoms with Crippen molar-refractivity contribution in [1.29, 1.82) is 0 Å². The molecule has 0 aliphatic carbocycles. The first-order valence-corrected chi connectivity index (χ1v) is 8.09. The predicted molar refractivity (Wildman–Crippen MR) is 85.5 cm³/mol. The number of halogens is 2. The maximum atomic E-state index is 4.49. The van der Waals surface area contributed by atoms with E-state index in [4.69, 9.17) is 0 Å². The highest BCUT2D eigenvalue weighted by atomic mass is 79.9. The van der Waals surface area contributed by atoms with Gasteiger partial charge in [-0.05, 0) is 51.4 Å². The fraction of sp³-hybridized carbons (Fsp3) is 0.462. The first kappa shape index (κ1) is 15.6. The van der Waals surface area contributed by atoms with Gasteiger partial charge in [-0.25, -0.2) is 4.98 Å². The molecule has 0 spiro atoms. The number of aromatic nitrogens is 4. The molecule has 0 fully saturated rings. The van der Waals surface area contributed by atoms with Gasteiger partial charge >= 0.3 is 0 Å². The van der Waals surface area contributed by atoms with Gasteiger partial charge in [-0.3, -0.25) is 9.67 Å². The molecule has 7 heteroatoms. The smallest absolute Gasteiger partial charge is 0.138 e. The van der Waals surface area contributed by atoms with Crippen LogP contribution in [0.5, 0.6) is 0 Å². The molecule has 1 unspecified atom stereocenters. The molecular weight excluding hydrogens is 386 g/mol. The number of hydrogen-bond acceptors (Lipinski definition) is 4. The van der Waals surface area contributed by atoms with Crippen LogP contribution in [-0.4, -0.2) is 26.8 Å². The Morgan fingerprint density at radius 3 is 2.80 bits per heavy atom. The summed E-state index contributed by atoms with van der Waals surface area (Å²) in [6, 6.07) is 2.10. The summed E-state index contributed by atoms with van der Waals surface area (Å²) >= 11 is 6.99. The van der Waals surface area contributed by atoms with Crippen LogP contribution in [0, 0.1) is 0 Å². The van der Waals surface area contributed by atoms with Crippen LogP contribution < -0.4 is 5.32 Å². The number of nitrogens with zero attached hydrogens (tertiary/aromatic N) is 4. The van der Waals surface area contributed by atoms with Crippen molar-refractivity contribution in [3.8, 4) is 0 Å². The van der Waals surface area contributed by atoms with Crippen LogP contribution in [-0.2, 0) is 13.0 Å². The lowest BCUT2D eigenvalue weighted by atomic mass is 10.1. The van der Waals surface area contributed by atoms with Crippen LogP contribution in [0.1, 0.15) is 30.9 Å². The number of pyridine rings is 1. The van der Waals surface area contributed by atoms with Crippen LogP contribution in [0.25, 0.3) is 0 Å². The highest BCUT2D eigenvalue weighted by Gasteiger charge is 2.18. The monoisotopic (exact) mass is 401 g/mol. The van der Waals surface area contributed by atoms with Crippen LogP contribution in [0.4, 0.5) is 0 Å². The molecule has 2 aromatic rings. The first-order valence-electron chi connectivity index (χ1n) is 6.50. The highest BCUT2D eigenvalue weighted by Crippen LogP contribution is 2.26. The van der Waals surface area contributed by atoms with Crippen molar-refractivity contribution in [2.45, 2.75) is 32.4 Å². The number of hydrogen-bond donors (Lipinski definition) is 1. The predicted octanol–water partition coefficient (Wildman–Crippen LogP) is 3.11. The van der Waals surface area contributed by atoms with E-state index in [1.165, 1.54) is 0 Å². The van der Waals surface area contributed by atoms with Crippen molar-refractivity contribution in [3.63, 3.8) is 0 Å². The summed E-state index contributed by atoms with van der Waals surface area (Å²) < 4.78 is 3.89. The van der Waals surface area contributed by atoms with Crippen LogP contribution in [0.15, 0.2) is 27.5 Å². The lowest BCUT2D eigenvalue weighted by Crippen LogP contribution is -2.22. The fourth-order valence-corrected chi connectivity index (χ4v) is 3.31. The molecule has 0 saturated carbocycles. The van der Waals surface area contributed by atoms with E-state index in [1.807, 2.05) is 17.8 Å². The Kier molecular flexibility index (Phi) is 5.68. The molecule has 1 atom stereocenters. The van der Waals surface area contributed by atoms with Gasteiger partial charge in [-0.2, -0.15) is 5.10 Å². The second kappa shape index (κ2) is 7.28. The molecule has 0 radical (unpaired) electrons. The Morgan fingerprint density at radius 2 is 2.15 bits per heavy atom. The Labute approximate surface area is 135 Å². The Morgan fingerprint density at radius 1 is 1.35 bits per heavy atom. The quantitative estimate of drug-likeness (QED) is 0.806. The molecule has 2 rings (SSSR count). The SMILES string of the molecule is CCCn1ncnc1CC(NC)c1ncc(Br)cc1Br. The molecule has 0 aliphatic rings. The topological polar surface area (TPSA) is 55.6 Å². The van der Waals surface area contributed by atoms with Gasteiger partial charge in [-0.1, -0.05) is 6.92 Å². The van der Waals surface area contributed by atoms with E-state index in [1.54, 1.807) is 12.5 Å². The van der Waals surface area contributed by atoms with Gasteiger partial charge in [0.2, 0.25) is 0 Å². The summed E-state index contributed by atoms with van der Waals surface area (Å²) in [6.45, 7) is 3.02. The minimum Gasteiger partial charge on any atom is -0.311 e. The second-order valence-electron chi connectivity index (χ2n) is 4.47. The zero-order valence-electron chi connectivity index (χ0n) is 11.5. The standard InChI is InChI=1S/C13H17Br2N5/c1-3-4-20-12(18-8-19-20)6-11(16-2)13-10(15)5-9(14)7-17-13/h5,7-8,11,16H,3-4,6H2,1-2H3. The molecule has 2 heterocycles. The van der Waals surface area contributed by atoms with Gasteiger partial charge in [0, 0.05) is 28.1 Å². The van der Waals surface area contributed by atoms with Gasteiger partial charge in [0.25, 0.3) is 0 Å². The van der Waals surface area contributed by atoms with E-state index in [0.29, 0.717) is 0 Å². The van der Waals surface area contributed by atoms with Crippen LogP contribution in [0.2, 0.25) is 0 Å². The van der Waals surface area contributed by atoms with Gasteiger partial charge in [0.1, 0.15) is 12.2 Å². The van der Waals surface area contributed by atoms with E-state index >= 15 is 0 Å². The van der Waals surface area contributed by atoms with Crippen molar-refractivity contribution in [3.05, 3.63) is 39.1 Å². The maximum Gasteiger partial charge on any atom is 0.138 e. The molecule has 2 aromatic heterocycles. The van der Waals surface area contributed by atoms with Crippen molar-refractivity contribution >= 4 is 31.9 Å². The molecular formula is C13H17Br2N5. The zero-order chi connectivity index (χ0) is 14.5. The van der Waals surface area contributed by atoms with E-state index in [-0.39, 0.29) is 6.04 Å². The summed E-state index contributed by atoms with van der Waals surface area (Å²) in [4.78, 5) is 8.85. The first-order chi connectivity index (χ1) is 9.65. The third-order valence-electron chi connectivity index (χ3n) is 3.03. The third kappa shape index (κ3) is 3.65. The molecule has 20 heavy (non-hydrogen) atoms. The summed E-state index contributed by atoms with van der Waals surface area (Å²) in [5.74, 6) is 0.975. The zero-order valence-corrected chi connectivity index (χ0v) is 14.6. The van der Waals surface area contributed by atoms with E-state index < -0.39 is 0 Å². The second-order valence-corrected chi connectivity index (χ2v) is 6.24. The normalized spacial score (nSPS) is 12.6. The van der Waals surface area contributed by atoms with E-state index in [0.717, 1.165) is 39.9 Å². The highest BCUT2D eigenvalue weighted by molar-refractivity contribution is 9.11. The number of aryl methyl sites for hydroxylation is 1. The van der Waals surface area contributed by atoms with Crippen molar-refractivity contribution in [1.82, 2.24) is 25.1 Å². The average Bonchev–Trinajstić information content (AvgIpc) is 2.84. The van der Waals surface area contributed by atoms with Gasteiger partial charge in [0.15, 0.2) is 0 Å². The van der Waals surface area contributed by atoms with E-state index in [2.05, 4.69) is 59.2 Å².